The van der Waals surface area contributed by atoms with E-state index in [9.17, 15) is 18.8 Å². The number of aromatic nitrogens is 4. The van der Waals surface area contributed by atoms with Crippen molar-refractivity contribution in [1.29, 1.82) is 0 Å². The number of carbonyl (C=O) groups is 1. The van der Waals surface area contributed by atoms with E-state index in [1.54, 1.807) is 54.6 Å². The van der Waals surface area contributed by atoms with Gasteiger partial charge in [0.2, 0.25) is 23.4 Å². The molecule has 54 heavy (non-hydrogen) atoms. The number of nitrogens with zero attached hydrogens (tertiary/aromatic N) is 4. The van der Waals surface area contributed by atoms with Crippen LogP contribution in [0.1, 0.15) is 32.6 Å². The number of hydrogen-bond acceptors (Lipinski definition) is 9. The summed E-state index contributed by atoms with van der Waals surface area (Å²) in [4.78, 5) is 49.4. The molecule has 6 aromatic rings. The molecule has 2 heterocycles. The van der Waals surface area contributed by atoms with Crippen LogP contribution < -0.4 is 31.2 Å². The maximum absolute atomic E-state index is 13.9. The van der Waals surface area contributed by atoms with Crippen molar-refractivity contribution >= 4 is 63.9 Å². The highest BCUT2D eigenvalue weighted by Gasteiger charge is 2.19. The van der Waals surface area contributed by atoms with Gasteiger partial charge in [-0.3, -0.25) is 23.5 Å². The summed E-state index contributed by atoms with van der Waals surface area (Å²) in [5, 5.41) is 7.21. The predicted octanol–water partition coefficient (Wildman–Crippen LogP) is 8.23. The summed E-state index contributed by atoms with van der Waals surface area (Å²) in [7, 11) is 2.72. The van der Waals surface area contributed by atoms with Crippen LogP contribution in [0.4, 0.5) is 27.7 Å². The van der Waals surface area contributed by atoms with Crippen molar-refractivity contribution in [2.45, 2.75) is 26.4 Å². The topological polar surface area (TPSA) is 129 Å². The number of Topliss-reactive ketones (excluding diaryl/α,β-unsaturated/α-hetero) is 1. The van der Waals surface area contributed by atoms with Gasteiger partial charge in [0.1, 0.15) is 5.82 Å². The maximum atomic E-state index is 13.9. The third-order valence-corrected chi connectivity index (χ3v) is 9.66. The molecule has 6 rings (SSSR count). The second kappa shape index (κ2) is 16.5. The quantitative estimate of drug-likeness (QED) is 0.111. The fourth-order valence-corrected chi connectivity index (χ4v) is 6.29. The molecule has 0 saturated carbocycles. The Hall–Kier alpha value is -5.69. The van der Waals surface area contributed by atoms with Crippen molar-refractivity contribution in [1.82, 2.24) is 19.1 Å². The molecule has 0 unspecified atom stereocenters. The monoisotopic (exact) mass is 788 g/mol. The Kier molecular flexibility index (Phi) is 11.7. The van der Waals surface area contributed by atoms with E-state index in [1.807, 2.05) is 13.0 Å². The first-order valence-electron chi connectivity index (χ1n) is 16.4. The van der Waals surface area contributed by atoms with Crippen molar-refractivity contribution in [3.05, 3.63) is 161 Å². The molecule has 2 aromatic heterocycles. The molecule has 0 atom stereocenters. The molecule has 276 valence electrons. The molecular formula is C39H32Cl3FN6O5. The molecule has 15 heteroatoms. The molecule has 0 bridgehead atoms. The molecule has 0 aliphatic carbocycles. The average Bonchev–Trinajstić information content (AvgIpc) is 3.16. The van der Waals surface area contributed by atoms with E-state index in [0.717, 1.165) is 11.1 Å². The number of ether oxygens (including phenoxy) is 2. The van der Waals surface area contributed by atoms with Gasteiger partial charge in [0.25, 0.3) is 11.1 Å². The lowest BCUT2D eigenvalue weighted by Crippen LogP contribution is -2.28. The number of benzene rings is 4. The van der Waals surface area contributed by atoms with Crippen molar-refractivity contribution in [3.63, 3.8) is 0 Å². The van der Waals surface area contributed by atoms with Crippen LogP contribution in [0, 0.1) is 12.7 Å². The fraction of sp³-hybridized carbons (Fsp3) is 0.154. The Morgan fingerprint density at radius 3 is 2.04 bits per heavy atom. The number of rotatable bonds is 13. The standard InChI is InChI=1S/C39H32Cl3FN6O5/c1-22-27(40)9-5-11-31(22)46-38-44-19-35(54-3)37(52)49(38)21-33(50)25-8-4-7-23(15-25)16-26-28(41)10-6-12-32(26)47-39-45-18-34(53-2)36(51)48(39)20-24-13-14-30(43)29(42)17-24/h4-15,17-19H,16,20-21H2,1-3H3,(H,44,46)(H,45,47). The van der Waals surface area contributed by atoms with Gasteiger partial charge < -0.3 is 20.1 Å². The third kappa shape index (κ3) is 8.26. The van der Waals surface area contributed by atoms with Crippen molar-refractivity contribution in [2.24, 2.45) is 0 Å². The van der Waals surface area contributed by atoms with Crippen LogP contribution in [0.15, 0.2) is 101 Å². The third-order valence-electron chi connectivity index (χ3n) is 8.61. The van der Waals surface area contributed by atoms with E-state index in [0.29, 0.717) is 38.1 Å². The number of carbonyl (C=O) groups excluding carboxylic acids is 1. The summed E-state index contributed by atoms with van der Waals surface area (Å²) >= 11 is 19.1. The zero-order valence-electron chi connectivity index (χ0n) is 29.1. The Morgan fingerprint density at radius 2 is 1.35 bits per heavy atom. The van der Waals surface area contributed by atoms with Gasteiger partial charge in [0.15, 0.2) is 5.78 Å². The molecule has 0 aliphatic rings. The highest BCUT2D eigenvalue weighted by molar-refractivity contribution is 6.32. The summed E-state index contributed by atoms with van der Waals surface area (Å²) in [5.41, 5.74) is 3.18. The van der Waals surface area contributed by atoms with Gasteiger partial charge in [-0.1, -0.05) is 71.2 Å². The van der Waals surface area contributed by atoms with Crippen LogP contribution in [0.2, 0.25) is 15.1 Å². The van der Waals surface area contributed by atoms with Crippen LogP contribution in [-0.4, -0.2) is 39.1 Å². The van der Waals surface area contributed by atoms with Crippen molar-refractivity contribution < 1.29 is 18.7 Å². The summed E-state index contributed by atoms with van der Waals surface area (Å²) in [6.45, 7) is 1.49. The first kappa shape index (κ1) is 38.0. The molecule has 0 saturated heterocycles. The van der Waals surface area contributed by atoms with E-state index < -0.39 is 16.9 Å². The fourth-order valence-electron chi connectivity index (χ4n) is 5.67. The van der Waals surface area contributed by atoms with Crippen LogP contribution in [0.3, 0.4) is 0 Å². The number of halogens is 4. The second-order valence-electron chi connectivity index (χ2n) is 12.1. The van der Waals surface area contributed by atoms with Gasteiger partial charge in [-0.05, 0) is 71.6 Å². The number of nitrogens with one attached hydrogen (secondary N) is 2. The molecule has 0 spiro atoms. The highest BCUT2D eigenvalue weighted by Crippen LogP contribution is 2.30. The van der Waals surface area contributed by atoms with E-state index >= 15 is 0 Å². The zero-order chi connectivity index (χ0) is 38.5. The number of anilines is 4. The van der Waals surface area contributed by atoms with Crippen molar-refractivity contribution in [3.8, 4) is 11.5 Å². The summed E-state index contributed by atoms with van der Waals surface area (Å²) in [5.74, 6) is -0.650. The zero-order valence-corrected chi connectivity index (χ0v) is 31.4. The SMILES string of the molecule is COc1cnc(Nc2cccc(Cl)c2C)n(CC(=O)c2cccc(Cc3c(Cl)cccc3Nc3ncc(OC)c(=O)n3Cc3ccc(F)c(Cl)c3)c2)c1=O. The lowest BCUT2D eigenvalue weighted by atomic mass is 10.00. The normalized spacial score (nSPS) is 10.9. The summed E-state index contributed by atoms with van der Waals surface area (Å²) < 4.78 is 26.9. The number of hydrogen-bond donors (Lipinski definition) is 2. The minimum Gasteiger partial charge on any atom is -0.490 e. The van der Waals surface area contributed by atoms with Gasteiger partial charge in [0.05, 0.1) is 44.7 Å². The molecule has 0 aliphatic heterocycles. The number of ketones is 1. The van der Waals surface area contributed by atoms with Gasteiger partial charge >= 0.3 is 0 Å². The Bertz CT molecular complexity index is 2510. The number of methoxy groups -OCH3 is 2. The summed E-state index contributed by atoms with van der Waals surface area (Å²) in [6, 6.07) is 21.7. The average molecular weight is 790 g/mol. The van der Waals surface area contributed by atoms with E-state index in [2.05, 4.69) is 20.6 Å². The molecular weight excluding hydrogens is 758 g/mol. The molecule has 0 radical (unpaired) electrons. The minimum absolute atomic E-state index is 0.00720. The van der Waals surface area contributed by atoms with Crippen LogP contribution in [0.5, 0.6) is 11.5 Å². The smallest absolute Gasteiger partial charge is 0.297 e. The largest absolute Gasteiger partial charge is 0.490 e. The first-order valence-corrected chi connectivity index (χ1v) is 17.5. The van der Waals surface area contributed by atoms with Gasteiger partial charge in [-0.25, -0.2) is 14.4 Å². The Morgan fingerprint density at radius 1 is 0.741 bits per heavy atom. The molecule has 2 N–H and O–H groups in total. The van der Waals surface area contributed by atoms with Crippen LogP contribution in [0.25, 0.3) is 0 Å². The predicted molar refractivity (Wildman–Crippen MR) is 208 cm³/mol. The second-order valence-corrected chi connectivity index (χ2v) is 13.3. The van der Waals surface area contributed by atoms with E-state index in [-0.39, 0.29) is 53.7 Å². The Labute approximate surface area is 323 Å². The van der Waals surface area contributed by atoms with E-state index in [4.69, 9.17) is 44.3 Å². The first-order chi connectivity index (χ1) is 26.0. The molecule has 0 fully saturated rings. The highest BCUT2D eigenvalue weighted by atomic mass is 35.5. The van der Waals surface area contributed by atoms with Gasteiger partial charge in [0, 0.05) is 33.4 Å². The van der Waals surface area contributed by atoms with Crippen LogP contribution >= 0.6 is 34.8 Å². The Balaban J connectivity index is 1.29. The van der Waals surface area contributed by atoms with Gasteiger partial charge in [-0.2, -0.15) is 0 Å². The lowest BCUT2D eigenvalue weighted by Gasteiger charge is -2.18. The maximum Gasteiger partial charge on any atom is 0.297 e. The molecule has 4 aromatic carbocycles. The van der Waals surface area contributed by atoms with Crippen molar-refractivity contribution in [2.75, 3.05) is 24.9 Å². The molecule has 11 nitrogen and oxygen atoms in total. The lowest BCUT2D eigenvalue weighted by molar-refractivity contribution is 0.0970. The van der Waals surface area contributed by atoms with Gasteiger partial charge in [-0.15, -0.1) is 0 Å². The molecule has 0 amide bonds. The summed E-state index contributed by atoms with van der Waals surface area (Å²) in [6.07, 6.45) is 2.87. The minimum atomic E-state index is -0.582. The van der Waals surface area contributed by atoms with Crippen LogP contribution in [-0.2, 0) is 19.5 Å². The van der Waals surface area contributed by atoms with E-state index in [1.165, 1.54) is 53.9 Å².